The van der Waals surface area contributed by atoms with E-state index in [-0.39, 0.29) is 18.0 Å². The third kappa shape index (κ3) is 4.16. The number of benzene rings is 2. The van der Waals surface area contributed by atoms with Crippen molar-refractivity contribution < 1.29 is 14.3 Å². The van der Waals surface area contributed by atoms with Crippen LogP contribution in [0.4, 0.5) is 0 Å². The number of aromatic nitrogens is 3. The number of aromatic amines is 1. The van der Waals surface area contributed by atoms with Crippen molar-refractivity contribution >= 4 is 27.7 Å². The van der Waals surface area contributed by atoms with E-state index >= 15 is 0 Å². The van der Waals surface area contributed by atoms with Gasteiger partial charge >= 0.3 is 0 Å². The summed E-state index contributed by atoms with van der Waals surface area (Å²) in [5, 5.41) is 1.55. The molecule has 8 heteroatoms. The topological polar surface area (TPSA) is 89.5 Å². The van der Waals surface area contributed by atoms with Gasteiger partial charge in [-0.2, -0.15) is 0 Å². The summed E-state index contributed by atoms with van der Waals surface area (Å²) < 4.78 is 12.7. The monoisotopic (exact) mass is 434 g/mol. The van der Waals surface area contributed by atoms with Gasteiger partial charge in [-0.3, -0.25) is 9.59 Å². The maximum absolute atomic E-state index is 12.9. The van der Waals surface area contributed by atoms with Crippen molar-refractivity contribution in [2.24, 2.45) is 0 Å². The minimum atomic E-state index is -0.284. The molecule has 4 aromatic rings. The van der Waals surface area contributed by atoms with E-state index in [1.54, 1.807) is 17.0 Å². The Hall–Kier alpha value is -3.81. The zero-order valence-corrected chi connectivity index (χ0v) is 18.4. The first-order valence-corrected chi connectivity index (χ1v) is 10.5. The van der Waals surface area contributed by atoms with Crippen LogP contribution in [-0.2, 0) is 17.9 Å². The summed E-state index contributed by atoms with van der Waals surface area (Å²) in [6, 6.07) is 13.4. The second-order valence-corrected chi connectivity index (χ2v) is 7.46. The smallest absolute Gasteiger partial charge is 0.258 e. The Kier molecular flexibility index (Phi) is 6.11. The molecule has 0 aliphatic carbocycles. The molecule has 0 spiro atoms. The largest absolute Gasteiger partial charge is 0.493 e. The lowest BCUT2D eigenvalue weighted by Crippen LogP contribution is -2.32. The van der Waals surface area contributed by atoms with Gasteiger partial charge in [-0.15, -0.1) is 0 Å². The Balaban J connectivity index is 1.52. The highest BCUT2D eigenvalue weighted by Gasteiger charge is 2.16. The van der Waals surface area contributed by atoms with Crippen LogP contribution < -0.4 is 15.0 Å². The number of nitrogens with one attached hydrogen (secondary N) is 1. The predicted molar refractivity (Wildman–Crippen MR) is 123 cm³/mol. The molecule has 0 aliphatic rings. The molecule has 2 aromatic carbocycles. The molecule has 0 unspecified atom stereocenters. The average Bonchev–Trinajstić information content (AvgIpc) is 3.23. The zero-order valence-electron chi connectivity index (χ0n) is 18.4. The summed E-state index contributed by atoms with van der Waals surface area (Å²) in [5.74, 6) is 1.38. The Labute approximate surface area is 185 Å². The number of carbonyl (C=O) groups is 1. The highest BCUT2D eigenvalue weighted by molar-refractivity contribution is 5.82. The summed E-state index contributed by atoms with van der Waals surface area (Å²) >= 11 is 0. The van der Waals surface area contributed by atoms with E-state index in [0.717, 1.165) is 10.9 Å². The molecule has 32 heavy (non-hydrogen) atoms. The Morgan fingerprint density at radius 3 is 2.62 bits per heavy atom. The molecule has 0 bridgehead atoms. The number of hydrogen-bond acceptors (Lipinski definition) is 5. The number of aryl methyl sites for hydroxylation is 1. The van der Waals surface area contributed by atoms with Gasteiger partial charge in [0.15, 0.2) is 11.5 Å². The minimum Gasteiger partial charge on any atom is -0.493 e. The Morgan fingerprint density at radius 2 is 1.88 bits per heavy atom. The molecule has 166 valence electrons. The number of fused-ring (bicyclic) bond motifs is 2. The minimum absolute atomic E-state index is 0.000313. The van der Waals surface area contributed by atoms with E-state index in [2.05, 4.69) is 20.6 Å². The van der Waals surface area contributed by atoms with E-state index in [1.165, 1.54) is 14.2 Å². The molecule has 2 aromatic heterocycles. The molecule has 0 aliphatic heterocycles. The molecule has 2 heterocycles. The molecule has 0 radical (unpaired) electrons. The summed E-state index contributed by atoms with van der Waals surface area (Å²) in [4.78, 5) is 34.5. The molecule has 4 rings (SSSR count). The number of H-pyrrole nitrogens is 1. The van der Waals surface area contributed by atoms with E-state index in [4.69, 9.17) is 9.47 Å². The number of para-hydroxylation sites is 1. The maximum atomic E-state index is 12.9. The molecule has 1 N–H and O–H groups in total. The van der Waals surface area contributed by atoms with Crippen LogP contribution in [0.3, 0.4) is 0 Å². The first-order chi connectivity index (χ1) is 15.5. The number of ether oxygens (including phenoxy) is 2. The highest BCUT2D eigenvalue weighted by Crippen LogP contribution is 2.30. The number of methoxy groups -OCH3 is 2. The van der Waals surface area contributed by atoms with Crippen LogP contribution in [0.1, 0.15) is 19.2 Å². The van der Waals surface area contributed by atoms with E-state index in [1.807, 2.05) is 37.4 Å². The van der Waals surface area contributed by atoms with Crippen molar-refractivity contribution in [2.75, 3.05) is 20.8 Å². The molecule has 0 fully saturated rings. The van der Waals surface area contributed by atoms with E-state index < -0.39 is 0 Å². The predicted octanol–water partition coefficient (Wildman–Crippen LogP) is 3.33. The number of rotatable bonds is 8. The average molecular weight is 434 g/mol. The molecular formula is C24H26N4O4. The normalized spacial score (nSPS) is 11.1. The van der Waals surface area contributed by atoms with Gasteiger partial charge < -0.3 is 23.9 Å². The summed E-state index contributed by atoms with van der Waals surface area (Å²) in [7, 11) is 3.05. The fourth-order valence-corrected chi connectivity index (χ4v) is 3.86. The lowest BCUT2D eigenvalue weighted by molar-refractivity contribution is -0.131. The van der Waals surface area contributed by atoms with Crippen molar-refractivity contribution in [3.8, 4) is 11.5 Å². The van der Waals surface area contributed by atoms with E-state index in [0.29, 0.717) is 47.7 Å². The molecule has 0 saturated heterocycles. The highest BCUT2D eigenvalue weighted by atomic mass is 16.5. The molecule has 0 saturated carbocycles. The molecule has 8 nitrogen and oxygen atoms in total. The standard InChI is InChI=1S/C24H26N4O4/c1-4-27(23(29)10-12-28-11-9-16-7-5-6-8-19(16)28)15-22-25-18-14-21(32-3)20(31-2)13-17(18)24(30)26-22/h5-9,11,13-14H,4,10,12,15H2,1-3H3,(H,25,26,30). The van der Waals surface area contributed by atoms with Crippen LogP contribution in [0.25, 0.3) is 21.8 Å². The Bertz CT molecular complexity index is 1320. The fraction of sp³-hybridized carbons (Fsp3) is 0.292. The first-order valence-electron chi connectivity index (χ1n) is 10.5. The number of carbonyl (C=O) groups excluding carboxylic acids is 1. The van der Waals surface area contributed by atoms with Crippen LogP contribution in [0, 0.1) is 0 Å². The lowest BCUT2D eigenvalue weighted by atomic mass is 10.2. The van der Waals surface area contributed by atoms with E-state index in [9.17, 15) is 9.59 Å². The SMILES string of the molecule is CCN(Cc1nc2cc(OC)c(OC)cc2c(=O)[nH]1)C(=O)CCn1ccc2ccccc21. The van der Waals surface area contributed by atoms with Gasteiger partial charge in [0.2, 0.25) is 5.91 Å². The van der Waals surface area contributed by atoms with Crippen molar-refractivity contribution in [2.45, 2.75) is 26.4 Å². The summed E-state index contributed by atoms with van der Waals surface area (Å²) in [6.45, 7) is 3.23. The lowest BCUT2D eigenvalue weighted by Gasteiger charge is -2.21. The van der Waals surface area contributed by atoms with Crippen LogP contribution in [0.5, 0.6) is 11.5 Å². The molecular weight excluding hydrogens is 408 g/mol. The van der Waals surface area contributed by atoms with Gasteiger partial charge in [0, 0.05) is 37.3 Å². The number of amides is 1. The second-order valence-electron chi connectivity index (χ2n) is 7.46. The summed E-state index contributed by atoms with van der Waals surface area (Å²) in [6.07, 6.45) is 2.35. The summed E-state index contributed by atoms with van der Waals surface area (Å²) in [5.41, 5.74) is 1.31. The van der Waals surface area contributed by atoms with Gasteiger partial charge in [-0.1, -0.05) is 18.2 Å². The van der Waals surface area contributed by atoms with Crippen molar-refractivity contribution in [1.82, 2.24) is 19.4 Å². The van der Waals surface area contributed by atoms with Gasteiger partial charge in [-0.25, -0.2) is 4.98 Å². The molecule has 1 amide bonds. The van der Waals surface area contributed by atoms with Crippen LogP contribution >= 0.6 is 0 Å². The van der Waals surface area contributed by atoms with Gasteiger partial charge in [0.25, 0.3) is 5.56 Å². The number of nitrogens with zero attached hydrogens (tertiary/aromatic N) is 3. The third-order valence-corrected chi connectivity index (χ3v) is 5.58. The van der Waals surface area contributed by atoms with Crippen LogP contribution in [0.15, 0.2) is 53.5 Å². The fourth-order valence-electron chi connectivity index (χ4n) is 3.86. The zero-order chi connectivity index (χ0) is 22.7. The third-order valence-electron chi connectivity index (χ3n) is 5.58. The first kappa shape index (κ1) is 21.4. The van der Waals surface area contributed by atoms with Crippen molar-refractivity contribution in [1.29, 1.82) is 0 Å². The van der Waals surface area contributed by atoms with Gasteiger partial charge in [0.05, 0.1) is 31.7 Å². The maximum Gasteiger partial charge on any atom is 0.258 e. The number of hydrogen-bond donors (Lipinski definition) is 1. The van der Waals surface area contributed by atoms with Crippen molar-refractivity contribution in [3.63, 3.8) is 0 Å². The van der Waals surface area contributed by atoms with Crippen molar-refractivity contribution in [3.05, 3.63) is 64.8 Å². The van der Waals surface area contributed by atoms with Crippen LogP contribution in [0.2, 0.25) is 0 Å². The Morgan fingerprint density at radius 1 is 1.12 bits per heavy atom. The van der Waals surface area contributed by atoms with Gasteiger partial charge in [-0.05, 0) is 30.5 Å². The van der Waals surface area contributed by atoms with Crippen LogP contribution in [-0.4, -0.2) is 46.1 Å². The second kappa shape index (κ2) is 9.13. The molecule has 0 atom stereocenters. The van der Waals surface area contributed by atoms with Gasteiger partial charge in [0.1, 0.15) is 5.82 Å². The quantitative estimate of drug-likeness (QED) is 0.459.